The van der Waals surface area contributed by atoms with Crippen molar-refractivity contribution in [1.29, 1.82) is 0 Å². The summed E-state index contributed by atoms with van der Waals surface area (Å²) in [6, 6.07) is 2.83. The fraction of sp³-hybridized carbons (Fsp3) is 0.286. The largest absolute Gasteiger partial charge is 0.373 e. The first-order chi connectivity index (χ1) is 5.63. The van der Waals surface area contributed by atoms with Crippen molar-refractivity contribution in [2.24, 2.45) is 0 Å². The van der Waals surface area contributed by atoms with Crippen LogP contribution >= 0.6 is 0 Å². The van der Waals surface area contributed by atoms with Crippen molar-refractivity contribution in [3.8, 4) is 0 Å². The molecule has 0 bridgehead atoms. The molecular formula is C7H9N3O2. The van der Waals surface area contributed by atoms with E-state index in [1.54, 1.807) is 14.0 Å². The van der Waals surface area contributed by atoms with Gasteiger partial charge in [0, 0.05) is 18.8 Å². The van der Waals surface area contributed by atoms with Gasteiger partial charge in [0.25, 0.3) is 5.69 Å². The molecule has 0 unspecified atom stereocenters. The number of hydrogen-bond donors (Lipinski definition) is 1. The van der Waals surface area contributed by atoms with Crippen LogP contribution in [0, 0.1) is 17.0 Å². The van der Waals surface area contributed by atoms with Crippen molar-refractivity contribution >= 4 is 11.5 Å². The van der Waals surface area contributed by atoms with Crippen molar-refractivity contribution in [1.82, 2.24) is 4.98 Å². The van der Waals surface area contributed by atoms with Gasteiger partial charge in [0.05, 0.1) is 11.0 Å². The Hall–Kier alpha value is -1.65. The van der Waals surface area contributed by atoms with Crippen LogP contribution in [0.15, 0.2) is 12.1 Å². The van der Waals surface area contributed by atoms with Crippen molar-refractivity contribution in [3.05, 3.63) is 27.9 Å². The summed E-state index contributed by atoms with van der Waals surface area (Å²) in [5, 5.41) is 13.1. The van der Waals surface area contributed by atoms with E-state index in [1.165, 1.54) is 12.1 Å². The predicted molar refractivity (Wildman–Crippen MR) is 45.2 cm³/mol. The Balaban J connectivity index is 3.15. The molecule has 0 aliphatic rings. The number of aromatic nitrogens is 1. The number of hydrogen-bond acceptors (Lipinski definition) is 4. The highest BCUT2D eigenvalue weighted by Gasteiger charge is 2.07. The second-order valence-corrected chi connectivity index (χ2v) is 2.36. The maximum absolute atomic E-state index is 10.4. The first-order valence-corrected chi connectivity index (χ1v) is 3.44. The van der Waals surface area contributed by atoms with Gasteiger partial charge in [-0.15, -0.1) is 0 Å². The molecule has 5 heteroatoms. The van der Waals surface area contributed by atoms with E-state index in [0.717, 1.165) is 0 Å². The van der Waals surface area contributed by atoms with Crippen LogP contribution in [0.1, 0.15) is 5.69 Å². The molecule has 5 nitrogen and oxygen atoms in total. The van der Waals surface area contributed by atoms with Gasteiger partial charge in [-0.25, -0.2) is 4.98 Å². The third kappa shape index (κ3) is 1.69. The number of rotatable bonds is 2. The topological polar surface area (TPSA) is 68.1 Å². The summed E-state index contributed by atoms with van der Waals surface area (Å²) in [5.41, 5.74) is 0.695. The molecule has 0 atom stereocenters. The summed E-state index contributed by atoms with van der Waals surface area (Å²) in [4.78, 5) is 14.0. The number of anilines is 1. The van der Waals surface area contributed by atoms with E-state index in [4.69, 9.17) is 0 Å². The lowest BCUT2D eigenvalue weighted by molar-refractivity contribution is -0.384. The lowest BCUT2D eigenvalue weighted by Gasteiger charge is -1.99. The van der Waals surface area contributed by atoms with Crippen LogP contribution < -0.4 is 5.32 Å². The van der Waals surface area contributed by atoms with Gasteiger partial charge in [-0.2, -0.15) is 0 Å². The van der Waals surface area contributed by atoms with Crippen LogP contribution in [0.25, 0.3) is 0 Å². The molecular weight excluding hydrogens is 158 g/mol. The first kappa shape index (κ1) is 8.45. The Morgan fingerprint density at radius 3 is 2.75 bits per heavy atom. The molecule has 0 spiro atoms. The molecule has 0 amide bonds. The molecule has 0 fully saturated rings. The van der Waals surface area contributed by atoms with E-state index in [2.05, 4.69) is 10.3 Å². The SMILES string of the molecule is CNc1cc([N+](=O)[O-])cc(C)n1. The average Bonchev–Trinajstić information content (AvgIpc) is 2.03. The zero-order valence-corrected chi connectivity index (χ0v) is 6.87. The average molecular weight is 167 g/mol. The van der Waals surface area contributed by atoms with Gasteiger partial charge in [0.15, 0.2) is 0 Å². The maximum Gasteiger partial charge on any atom is 0.274 e. The summed E-state index contributed by atoms with van der Waals surface area (Å²) in [7, 11) is 1.67. The molecule has 0 saturated carbocycles. The number of pyridine rings is 1. The van der Waals surface area contributed by atoms with E-state index in [-0.39, 0.29) is 5.69 Å². The standard InChI is InChI=1S/C7H9N3O2/c1-5-3-6(10(11)12)4-7(8-2)9-5/h3-4H,1-2H3,(H,8,9). The second kappa shape index (κ2) is 3.17. The van der Waals surface area contributed by atoms with E-state index in [9.17, 15) is 10.1 Å². The molecule has 1 N–H and O–H groups in total. The highest BCUT2D eigenvalue weighted by molar-refractivity contribution is 5.45. The Labute approximate surface area is 69.6 Å². The lowest BCUT2D eigenvalue weighted by atomic mass is 10.3. The molecule has 0 aromatic carbocycles. The minimum atomic E-state index is -0.435. The van der Waals surface area contributed by atoms with Gasteiger partial charge in [-0.1, -0.05) is 0 Å². The summed E-state index contributed by atoms with van der Waals surface area (Å²) >= 11 is 0. The van der Waals surface area contributed by atoms with Crippen LogP contribution in [-0.2, 0) is 0 Å². The zero-order chi connectivity index (χ0) is 9.14. The molecule has 1 aromatic rings. The Kier molecular flexibility index (Phi) is 2.23. The van der Waals surface area contributed by atoms with Gasteiger partial charge in [-0.3, -0.25) is 10.1 Å². The zero-order valence-electron chi connectivity index (χ0n) is 6.87. The maximum atomic E-state index is 10.4. The van der Waals surface area contributed by atoms with E-state index >= 15 is 0 Å². The molecule has 1 aromatic heterocycles. The fourth-order valence-corrected chi connectivity index (χ4v) is 0.884. The molecule has 1 heterocycles. The fourth-order valence-electron chi connectivity index (χ4n) is 0.884. The normalized spacial score (nSPS) is 9.50. The van der Waals surface area contributed by atoms with Crippen LogP contribution in [0.3, 0.4) is 0 Å². The van der Waals surface area contributed by atoms with Crippen LogP contribution in [0.5, 0.6) is 0 Å². The van der Waals surface area contributed by atoms with Gasteiger partial charge < -0.3 is 5.32 Å². The van der Waals surface area contributed by atoms with Gasteiger partial charge in [0.2, 0.25) is 0 Å². The van der Waals surface area contributed by atoms with Crippen LogP contribution in [-0.4, -0.2) is 17.0 Å². The lowest BCUT2D eigenvalue weighted by Crippen LogP contribution is -1.96. The Morgan fingerprint density at radius 2 is 2.25 bits per heavy atom. The number of nitrogens with zero attached hydrogens (tertiary/aromatic N) is 2. The third-order valence-electron chi connectivity index (χ3n) is 1.41. The number of nitro groups is 1. The highest BCUT2D eigenvalue weighted by Crippen LogP contribution is 2.16. The van der Waals surface area contributed by atoms with Gasteiger partial charge >= 0.3 is 0 Å². The first-order valence-electron chi connectivity index (χ1n) is 3.44. The highest BCUT2D eigenvalue weighted by atomic mass is 16.6. The molecule has 0 radical (unpaired) electrons. The predicted octanol–water partition coefficient (Wildman–Crippen LogP) is 1.34. The van der Waals surface area contributed by atoms with Crippen molar-refractivity contribution in [2.75, 3.05) is 12.4 Å². The number of aryl methyl sites for hydroxylation is 1. The molecule has 12 heavy (non-hydrogen) atoms. The smallest absolute Gasteiger partial charge is 0.274 e. The summed E-state index contributed by atoms with van der Waals surface area (Å²) in [6.07, 6.45) is 0. The Morgan fingerprint density at radius 1 is 1.58 bits per heavy atom. The van der Waals surface area contributed by atoms with Gasteiger partial charge in [-0.05, 0) is 6.92 Å². The Bertz CT molecular complexity index is 312. The minimum absolute atomic E-state index is 0.0619. The van der Waals surface area contributed by atoms with Crippen molar-refractivity contribution < 1.29 is 4.92 Å². The summed E-state index contributed by atoms with van der Waals surface area (Å²) < 4.78 is 0. The monoisotopic (exact) mass is 167 g/mol. The summed E-state index contributed by atoms with van der Waals surface area (Å²) in [6.45, 7) is 1.72. The van der Waals surface area contributed by atoms with E-state index in [0.29, 0.717) is 11.5 Å². The van der Waals surface area contributed by atoms with Crippen LogP contribution in [0.4, 0.5) is 11.5 Å². The van der Waals surface area contributed by atoms with Crippen LogP contribution in [0.2, 0.25) is 0 Å². The summed E-state index contributed by atoms with van der Waals surface area (Å²) in [5.74, 6) is 0.515. The third-order valence-corrected chi connectivity index (χ3v) is 1.41. The molecule has 0 aliphatic heterocycles. The van der Waals surface area contributed by atoms with Gasteiger partial charge in [0.1, 0.15) is 5.82 Å². The second-order valence-electron chi connectivity index (χ2n) is 2.36. The van der Waals surface area contributed by atoms with Crippen molar-refractivity contribution in [2.45, 2.75) is 6.92 Å². The van der Waals surface area contributed by atoms with E-state index < -0.39 is 4.92 Å². The molecule has 1 rings (SSSR count). The van der Waals surface area contributed by atoms with Crippen molar-refractivity contribution in [3.63, 3.8) is 0 Å². The quantitative estimate of drug-likeness (QED) is 0.533. The molecule has 64 valence electrons. The minimum Gasteiger partial charge on any atom is -0.373 e. The number of nitrogens with one attached hydrogen (secondary N) is 1. The van der Waals surface area contributed by atoms with E-state index in [1.807, 2.05) is 0 Å². The molecule has 0 aliphatic carbocycles. The molecule has 0 saturated heterocycles.